The van der Waals surface area contributed by atoms with Crippen LogP contribution in [0, 0.1) is 0 Å². The molecule has 2 aliphatic heterocycles. The van der Waals surface area contributed by atoms with Gasteiger partial charge in [0.2, 0.25) is 11.8 Å². The van der Waals surface area contributed by atoms with Gasteiger partial charge in [-0.05, 0) is 43.9 Å². The lowest BCUT2D eigenvalue weighted by Crippen LogP contribution is -2.56. The summed E-state index contributed by atoms with van der Waals surface area (Å²) in [5.41, 5.74) is 1.49. The van der Waals surface area contributed by atoms with Crippen molar-refractivity contribution in [3.63, 3.8) is 0 Å². The highest BCUT2D eigenvalue weighted by molar-refractivity contribution is 5.95. The minimum atomic E-state index is -0.284. The summed E-state index contributed by atoms with van der Waals surface area (Å²) in [4.78, 5) is 40.2. The van der Waals surface area contributed by atoms with E-state index in [1.165, 1.54) is 0 Å². The number of nitrogens with one attached hydrogen (secondary N) is 1. The van der Waals surface area contributed by atoms with Gasteiger partial charge in [0.05, 0.1) is 0 Å². The molecule has 0 aliphatic carbocycles. The van der Waals surface area contributed by atoms with Crippen LogP contribution >= 0.6 is 0 Å². The van der Waals surface area contributed by atoms with E-state index in [1.807, 2.05) is 19.1 Å². The molecule has 2 heterocycles. The number of fused-ring (bicyclic) bond motifs is 1. The van der Waals surface area contributed by atoms with Crippen molar-refractivity contribution in [2.45, 2.75) is 38.8 Å². The Morgan fingerprint density at radius 1 is 1.26 bits per heavy atom. The van der Waals surface area contributed by atoms with Gasteiger partial charge in [-0.15, -0.1) is 0 Å². The molecule has 1 atom stereocenters. The van der Waals surface area contributed by atoms with Crippen LogP contribution in [0.5, 0.6) is 0 Å². The number of hydrogen-bond donors (Lipinski definition) is 1. The van der Waals surface area contributed by atoms with E-state index < -0.39 is 0 Å². The second-order valence-corrected chi connectivity index (χ2v) is 6.94. The first kappa shape index (κ1) is 19.4. The van der Waals surface area contributed by atoms with Crippen molar-refractivity contribution >= 4 is 17.7 Å². The first-order valence-corrected chi connectivity index (χ1v) is 9.63. The number of amides is 3. The van der Waals surface area contributed by atoms with Crippen molar-refractivity contribution in [3.05, 3.63) is 35.4 Å². The maximum Gasteiger partial charge on any atom is 0.251 e. The summed E-state index contributed by atoms with van der Waals surface area (Å²) in [6.45, 7) is 5.05. The van der Waals surface area contributed by atoms with Crippen LogP contribution < -0.4 is 5.32 Å². The van der Waals surface area contributed by atoms with Crippen molar-refractivity contribution in [1.29, 1.82) is 0 Å². The maximum atomic E-state index is 12.6. The lowest BCUT2D eigenvalue weighted by molar-refractivity contribution is -0.154. The Balaban J connectivity index is 1.52. The molecular formula is C20H27N3O4. The van der Waals surface area contributed by atoms with Crippen LogP contribution in [0.3, 0.4) is 0 Å². The molecule has 146 valence electrons. The van der Waals surface area contributed by atoms with E-state index in [1.54, 1.807) is 21.9 Å². The van der Waals surface area contributed by atoms with Crippen molar-refractivity contribution in [3.8, 4) is 0 Å². The van der Waals surface area contributed by atoms with Crippen LogP contribution in [0.4, 0.5) is 0 Å². The lowest BCUT2D eigenvalue weighted by atomic mass is 10.1. The molecule has 7 nitrogen and oxygen atoms in total. The molecule has 3 rings (SSSR count). The number of benzene rings is 1. The summed E-state index contributed by atoms with van der Waals surface area (Å²) in [5.74, 6) is -0.0627. The van der Waals surface area contributed by atoms with Crippen LogP contribution in [-0.2, 0) is 20.9 Å². The molecule has 7 heteroatoms. The molecule has 0 radical (unpaired) electrons. The van der Waals surface area contributed by atoms with Crippen molar-refractivity contribution < 1.29 is 19.1 Å². The summed E-state index contributed by atoms with van der Waals surface area (Å²) < 4.78 is 5.24. The van der Waals surface area contributed by atoms with Crippen LogP contribution in [0.25, 0.3) is 0 Å². The topological polar surface area (TPSA) is 79.0 Å². The Morgan fingerprint density at radius 3 is 2.78 bits per heavy atom. The number of hydrogen-bond acceptors (Lipinski definition) is 4. The number of carbonyl (C=O) groups excluding carboxylic acids is 3. The van der Waals surface area contributed by atoms with Crippen LogP contribution in [0.15, 0.2) is 24.3 Å². The van der Waals surface area contributed by atoms with Gasteiger partial charge in [0.15, 0.2) is 0 Å². The zero-order chi connectivity index (χ0) is 19.2. The largest absolute Gasteiger partial charge is 0.382 e. The molecular weight excluding hydrogens is 346 g/mol. The quantitative estimate of drug-likeness (QED) is 0.694. The fraction of sp³-hybridized carbons (Fsp3) is 0.550. The zero-order valence-corrected chi connectivity index (χ0v) is 15.8. The number of rotatable bonds is 8. The summed E-state index contributed by atoms with van der Waals surface area (Å²) in [6, 6.07) is 6.91. The van der Waals surface area contributed by atoms with Gasteiger partial charge in [-0.2, -0.15) is 0 Å². The SMILES string of the molecule is CCOCCCNC(=O)c1ccc(CN2CC(=O)N3CCC[C@H]3C2=O)cc1. The Hall–Kier alpha value is -2.41. The van der Waals surface area contributed by atoms with Crippen molar-refractivity contribution in [2.75, 3.05) is 32.8 Å². The maximum absolute atomic E-state index is 12.6. The van der Waals surface area contributed by atoms with E-state index >= 15 is 0 Å². The summed E-state index contributed by atoms with van der Waals surface area (Å²) in [7, 11) is 0. The van der Waals surface area contributed by atoms with Gasteiger partial charge in [0.25, 0.3) is 5.91 Å². The molecule has 1 aromatic carbocycles. The molecule has 2 aliphatic rings. The lowest BCUT2D eigenvalue weighted by Gasteiger charge is -2.36. The Kier molecular flexibility index (Phi) is 6.45. The molecule has 0 saturated carbocycles. The predicted molar refractivity (Wildman–Crippen MR) is 100 cm³/mol. The minimum absolute atomic E-state index is 0.0279. The summed E-state index contributed by atoms with van der Waals surface area (Å²) in [6.07, 6.45) is 2.43. The Labute approximate surface area is 159 Å². The van der Waals surface area contributed by atoms with Crippen LogP contribution in [0.2, 0.25) is 0 Å². The third kappa shape index (κ3) is 4.66. The molecule has 2 fully saturated rings. The third-order valence-corrected chi connectivity index (χ3v) is 5.04. The third-order valence-electron chi connectivity index (χ3n) is 5.04. The molecule has 27 heavy (non-hydrogen) atoms. The van der Waals surface area contributed by atoms with Gasteiger partial charge in [0, 0.05) is 38.4 Å². The molecule has 0 unspecified atom stereocenters. The van der Waals surface area contributed by atoms with Gasteiger partial charge in [-0.3, -0.25) is 14.4 Å². The Morgan fingerprint density at radius 2 is 2.04 bits per heavy atom. The van der Waals surface area contributed by atoms with Gasteiger partial charge in [-0.25, -0.2) is 0 Å². The average Bonchev–Trinajstić information content (AvgIpc) is 3.17. The zero-order valence-electron chi connectivity index (χ0n) is 15.8. The van der Waals surface area contributed by atoms with Crippen molar-refractivity contribution in [1.82, 2.24) is 15.1 Å². The van der Waals surface area contributed by atoms with Gasteiger partial charge in [-0.1, -0.05) is 12.1 Å². The standard InChI is InChI=1S/C20H27N3O4/c1-2-27-12-4-10-21-19(25)16-8-6-15(7-9-16)13-22-14-18(24)23-11-3-5-17(23)20(22)26/h6-9,17H,2-5,10-14H2,1H3,(H,21,25)/t17-/m0/s1. The second kappa shape index (κ2) is 8.99. The molecule has 0 aromatic heterocycles. The molecule has 1 N–H and O–H groups in total. The fourth-order valence-electron chi connectivity index (χ4n) is 3.60. The average molecular weight is 373 g/mol. The van der Waals surface area contributed by atoms with E-state index in [0.717, 1.165) is 24.8 Å². The smallest absolute Gasteiger partial charge is 0.251 e. The summed E-state index contributed by atoms with van der Waals surface area (Å²) in [5, 5.41) is 2.86. The first-order chi connectivity index (χ1) is 13.1. The minimum Gasteiger partial charge on any atom is -0.382 e. The number of carbonyl (C=O) groups is 3. The summed E-state index contributed by atoms with van der Waals surface area (Å²) >= 11 is 0. The molecule has 2 saturated heterocycles. The van der Waals surface area contributed by atoms with E-state index in [9.17, 15) is 14.4 Å². The van der Waals surface area contributed by atoms with E-state index in [4.69, 9.17) is 4.74 Å². The highest BCUT2D eigenvalue weighted by atomic mass is 16.5. The highest BCUT2D eigenvalue weighted by Crippen LogP contribution is 2.24. The monoisotopic (exact) mass is 373 g/mol. The molecule has 3 amide bonds. The van der Waals surface area contributed by atoms with E-state index in [2.05, 4.69) is 5.32 Å². The van der Waals surface area contributed by atoms with Gasteiger partial charge >= 0.3 is 0 Å². The van der Waals surface area contributed by atoms with Crippen LogP contribution in [0.1, 0.15) is 42.1 Å². The Bertz CT molecular complexity index is 689. The van der Waals surface area contributed by atoms with Crippen LogP contribution in [-0.4, -0.2) is 66.4 Å². The molecule has 0 spiro atoms. The van der Waals surface area contributed by atoms with E-state index in [0.29, 0.717) is 38.4 Å². The van der Waals surface area contributed by atoms with Crippen molar-refractivity contribution in [2.24, 2.45) is 0 Å². The first-order valence-electron chi connectivity index (χ1n) is 9.63. The van der Waals surface area contributed by atoms with Gasteiger partial charge in [0.1, 0.15) is 12.6 Å². The number of piperazine rings is 1. The number of nitrogens with zero attached hydrogens (tertiary/aromatic N) is 2. The second-order valence-electron chi connectivity index (χ2n) is 6.94. The molecule has 0 bridgehead atoms. The number of ether oxygens (including phenoxy) is 1. The van der Waals surface area contributed by atoms with E-state index in [-0.39, 0.29) is 30.3 Å². The highest BCUT2D eigenvalue weighted by Gasteiger charge is 2.41. The molecule has 1 aromatic rings. The normalized spacial score (nSPS) is 19.4. The predicted octanol–water partition coefficient (Wildman–Crippen LogP) is 1.18. The fourth-order valence-corrected chi connectivity index (χ4v) is 3.60. The van der Waals surface area contributed by atoms with Gasteiger partial charge < -0.3 is 19.9 Å².